The predicted molar refractivity (Wildman–Crippen MR) is 135 cm³/mol. The van der Waals surface area contributed by atoms with Crippen molar-refractivity contribution in [1.29, 1.82) is 5.26 Å². The van der Waals surface area contributed by atoms with Crippen molar-refractivity contribution in [1.82, 2.24) is 19.9 Å². The van der Waals surface area contributed by atoms with Gasteiger partial charge in [-0.2, -0.15) is 5.26 Å². The number of benzene rings is 2. The van der Waals surface area contributed by atoms with Crippen LogP contribution in [0.25, 0.3) is 16.9 Å². The molecule has 2 aromatic carbocycles. The molecule has 188 valence electrons. The second-order valence-corrected chi connectivity index (χ2v) is 9.55. The summed E-state index contributed by atoms with van der Waals surface area (Å²) in [5.74, 6) is 0.322. The number of nitrogens with zero attached hydrogens (tertiary/aromatic N) is 5. The normalized spacial score (nSPS) is 19.4. The zero-order valence-corrected chi connectivity index (χ0v) is 20.2. The summed E-state index contributed by atoms with van der Waals surface area (Å²) in [5.41, 5.74) is 3.04. The number of hydrogen-bond acceptors (Lipinski definition) is 6. The Morgan fingerprint density at radius 2 is 2.00 bits per heavy atom. The number of hydrogen-bond donors (Lipinski definition) is 1. The SMILES string of the molecule is N#Cc1ccc(-c2cnc3ccc(N4CCCC4c4cc(F)ccc4F)nn23)cc1OCC1CCCN1. The van der Waals surface area contributed by atoms with Gasteiger partial charge in [0.05, 0.1) is 23.5 Å². The zero-order valence-electron chi connectivity index (χ0n) is 20.2. The first-order valence-electron chi connectivity index (χ1n) is 12.6. The smallest absolute Gasteiger partial charge is 0.154 e. The highest BCUT2D eigenvalue weighted by Crippen LogP contribution is 2.37. The summed E-state index contributed by atoms with van der Waals surface area (Å²) in [4.78, 5) is 6.52. The van der Waals surface area contributed by atoms with Crippen LogP contribution in [0.3, 0.4) is 0 Å². The van der Waals surface area contributed by atoms with E-state index in [1.54, 1.807) is 16.8 Å². The van der Waals surface area contributed by atoms with Gasteiger partial charge in [-0.3, -0.25) is 0 Å². The third-order valence-corrected chi connectivity index (χ3v) is 7.21. The Balaban J connectivity index is 1.33. The molecule has 4 aromatic rings. The average Bonchev–Trinajstić information content (AvgIpc) is 3.69. The summed E-state index contributed by atoms with van der Waals surface area (Å²) >= 11 is 0. The molecule has 6 rings (SSSR count). The molecular formula is C28H26F2N6O. The fourth-order valence-corrected chi connectivity index (χ4v) is 5.33. The van der Waals surface area contributed by atoms with Gasteiger partial charge in [-0.15, -0.1) is 5.10 Å². The molecule has 4 heterocycles. The van der Waals surface area contributed by atoms with Crippen LogP contribution in [0.1, 0.15) is 42.9 Å². The van der Waals surface area contributed by atoms with Crippen LogP contribution in [0.15, 0.2) is 54.7 Å². The standard InChI is InChI=1S/C28H26F2N6O/c29-20-7-8-23(30)22(14-20)24-4-2-12-35(24)28-10-9-27-33-16-25(36(27)34-28)18-5-6-19(15-31)26(13-18)37-17-21-3-1-11-32-21/h5-10,13-14,16,21,24,32H,1-4,11-12,17H2. The van der Waals surface area contributed by atoms with Crippen LogP contribution in [-0.2, 0) is 0 Å². The number of halogens is 2. The van der Waals surface area contributed by atoms with Crippen molar-refractivity contribution in [3.05, 3.63) is 77.5 Å². The van der Waals surface area contributed by atoms with Gasteiger partial charge in [-0.1, -0.05) is 6.07 Å². The Morgan fingerprint density at radius 1 is 1.08 bits per heavy atom. The second kappa shape index (κ2) is 9.79. The Labute approximate surface area is 213 Å². The van der Waals surface area contributed by atoms with Gasteiger partial charge in [0.2, 0.25) is 0 Å². The van der Waals surface area contributed by atoms with E-state index in [4.69, 9.17) is 9.84 Å². The predicted octanol–water partition coefficient (Wildman–Crippen LogP) is 5.02. The van der Waals surface area contributed by atoms with Crippen LogP contribution >= 0.6 is 0 Å². The number of ether oxygens (including phenoxy) is 1. The number of fused-ring (bicyclic) bond motifs is 1. The Hall–Kier alpha value is -4.03. The fraction of sp³-hybridized carbons (Fsp3) is 0.321. The van der Waals surface area contributed by atoms with Gasteiger partial charge < -0.3 is 15.0 Å². The number of aromatic nitrogens is 3. The molecule has 0 aliphatic carbocycles. The Morgan fingerprint density at radius 3 is 2.84 bits per heavy atom. The number of imidazole rings is 1. The maximum Gasteiger partial charge on any atom is 0.154 e. The van der Waals surface area contributed by atoms with Gasteiger partial charge in [0.15, 0.2) is 5.65 Å². The van der Waals surface area contributed by atoms with Crippen molar-refractivity contribution in [2.45, 2.75) is 37.8 Å². The lowest BCUT2D eigenvalue weighted by Gasteiger charge is -2.26. The van der Waals surface area contributed by atoms with Crippen molar-refractivity contribution < 1.29 is 13.5 Å². The quantitative estimate of drug-likeness (QED) is 0.401. The number of nitriles is 1. The Bertz CT molecular complexity index is 1490. The molecule has 2 saturated heterocycles. The molecule has 2 aliphatic heterocycles. The van der Waals surface area contributed by atoms with Crippen molar-refractivity contribution >= 4 is 11.5 Å². The summed E-state index contributed by atoms with van der Waals surface area (Å²) in [6.45, 7) is 2.17. The van der Waals surface area contributed by atoms with Crippen molar-refractivity contribution in [2.24, 2.45) is 0 Å². The van der Waals surface area contributed by atoms with E-state index in [9.17, 15) is 14.0 Å². The highest BCUT2D eigenvalue weighted by atomic mass is 19.1. The van der Waals surface area contributed by atoms with Crippen LogP contribution in [0.5, 0.6) is 5.75 Å². The zero-order chi connectivity index (χ0) is 25.4. The minimum atomic E-state index is -0.453. The summed E-state index contributed by atoms with van der Waals surface area (Å²) in [6.07, 6.45) is 5.48. The van der Waals surface area contributed by atoms with E-state index in [0.717, 1.165) is 43.1 Å². The number of anilines is 1. The van der Waals surface area contributed by atoms with E-state index < -0.39 is 11.6 Å². The highest BCUT2D eigenvalue weighted by molar-refractivity contribution is 5.67. The van der Waals surface area contributed by atoms with Crippen molar-refractivity contribution in [3.8, 4) is 23.1 Å². The molecule has 0 bridgehead atoms. The molecule has 2 aliphatic rings. The van der Waals surface area contributed by atoms with Gasteiger partial charge in [-0.25, -0.2) is 18.3 Å². The van der Waals surface area contributed by atoms with Crippen LogP contribution in [0.2, 0.25) is 0 Å². The molecule has 9 heteroatoms. The minimum Gasteiger partial charge on any atom is -0.491 e. The molecule has 2 aromatic heterocycles. The van der Waals surface area contributed by atoms with Crippen LogP contribution in [0, 0.1) is 23.0 Å². The number of nitrogens with one attached hydrogen (secondary N) is 1. The van der Waals surface area contributed by atoms with E-state index >= 15 is 0 Å². The molecule has 37 heavy (non-hydrogen) atoms. The first-order valence-corrected chi connectivity index (χ1v) is 12.6. The lowest BCUT2D eigenvalue weighted by Crippen LogP contribution is -2.28. The van der Waals surface area contributed by atoms with Crippen LogP contribution < -0.4 is 15.0 Å². The van der Waals surface area contributed by atoms with E-state index in [1.165, 1.54) is 12.1 Å². The van der Waals surface area contributed by atoms with Gasteiger partial charge in [0, 0.05) is 23.7 Å². The first kappa shape index (κ1) is 23.4. The summed E-state index contributed by atoms with van der Waals surface area (Å²) in [7, 11) is 0. The van der Waals surface area contributed by atoms with Gasteiger partial charge >= 0.3 is 0 Å². The molecule has 7 nitrogen and oxygen atoms in total. The molecule has 2 atom stereocenters. The van der Waals surface area contributed by atoms with E-state index in [2.05, 4.69) is 16.4 Å². The van der Waals surface area contributed by atoms with Crippen molar-refractivity contribution in [2.75, 3.05) is 24.6 Å². The maximum atomic E-state index is 14.6. The fourth-order valence-electron chi connectivity index (χ4n) is 5.33. The first-order chi connectivity index (χ1) is 18.1. The van der Waals surface area contributed by atoms with Crippen LogP contribution in [-0.4, -0.2) is 40.3 Å². The van der Waals surface area contributed by atoms with E-state index in [-0.39, 0.29) is 12.1 Å². The Kier molecular flexibility index (Phi) is 6.18. The van der Waals surface area contributed by atoms with Crippen molar-refractivity contribution in [3.63, 3.8) is 0 Å². The van der Waals surface area contributed by atoms with Gasteiger partial charge in [-0.05, 0) is 74.7 Å². The lowest BCUT2D eigenvalue weighted by atomic mass is 10.0. The third kappa shape index (κ3) is 4.49. The molecule has 2 unspecified atom stereocenters. The highest BCUT2D eigenvalue weighted by Gasteiger charge is 2.30. The molecular weight excluding hydrogens is 474 g/mol. The third-order valence-electron chi connectivity index (χ3n) is 7.21. The topological polar surface area (TPSA) is 78.5 Å². The molecule has 0 radical (unpaired) electrons. The maximum absolute atomic E-state index is 14.6. The lowest BCUT2D eigenvalue weighted by molar-refractivity contribution is 0.276. The summed E-state index contributed by atoms with van der Waals surface area (Å²) in [6, 6.07) is 15.0. The monoisotopic (exact) mass is 500 g/mol. The van der Waals surface area contributed by atoms with E-state index in [0.29, 0.717) is 47.9 Å². The van der Waals surface area contributed by atoms with Gasteiger partial charge in [0.25, 0.3) is 0 Å². The number of rotatable bonds is 6. The van der Waals surface area contributed by atoms with Crippen LogP contribution in [0.4, 0.5) is 14.6 Å². The molecule has 1 N–H and O–H groups in total. The van der Waals surface area contributed by atoms with Gasteiger partial charge in [0.1, 0.15) is 35.9 Å². The molecule has 2 fully saturated rings. The molecule has 0 amide bonds. The van der Waals surface area contributed by atoms with E-state index in [1.807, 2.05) is 29.2 Å². The average molecular weight is 501 g/mol. The minimum absolute atomic E-state index is 0.284. The molecule has 0 saturated carbocycles. The largest absolute Gasteiger partial charge is 0.491 e. The second-order valence-electron chi connectivity index (χ2n) is 9.55. The molecule has 0 spiro atoms. The summed E-state index contributed by atoms with van der Waals surface area (Å²) < 4.78 is 36.3. The summed E-state index contributed by atoms with van der Waals surface area (Å²) in [5, 5.41) is 17.8.